The first-order chi connectivity index (χ1) is 13.5. The van der Waals surface area contributed by atoms with Crippen molar-refractivity contribution < 1.29 is 14.6 Å². The van der Waals surface area contributed by atoms with Crippen molar-refractivity contribution in [2.75, 3.05) is 26.2 Å². The van der Waals surface area contributed by atoms with Gasteiger partial charge >= 0.3 is 0 Å². The molecule has 0 heterocycles. The van der Waals surface area contributed by atoms with E-state index in [-0.39, 0.29) is 6.10 Å². The predicted molar refractivity (Wildman–Crippen MR) is 117 cm³/mol. The number of aliphatic hydroxyl groups is 1. The summed E-state index contributed by atoms with van der Waals surface area (Å²) in [5.41, 5.74) is 2.02. The number of aliphatic hydroxyl groups excluding tert-OH is 1. The van der Waals surface area contributed by atoms with Gasteiger partial charge in [0.15, 0.2) is 11.5 Å². The van der Waals surface area contributed by atoms with Crippen LogP contribution in [0.4, 0.5) is 0 Å². The summed E-state index contributed by atoms with van der Waals surface area (Å²) in [6, 6.07) is 11.7. The SMILES string of the molecule is CCOc1cc(CNCCNC[C@@H](C)O)cc(Br)c1OCc1ccccc1Cl. The van der Waals surface area contributed by atoms with E-state index in [2.05, 4.69) is 26.6 Å². The summed E-state index contributed by atoms with van der Waals surface area (Å²) in [6.45, 7) is 7.54. The molecule has 5 nitrogen and oxygen atoms in total. The van der Waals surface area contributed by atoms with Crippen LogP contribution in [0.3, 0.4) is 0 Å². The third-order valence-electron chi connectivity index (χ3n) is 3.95. The summed E-state index contributed by atoms with van der Waals surface area (Å²) in [6.07, 6.45) is -0.331. The minimum Gasteiger partial charge on any atom is -0.490 e. The molecule has 0 aliphatic rings. The molecule has 0 bridgehead atoms. The van der Waals surface area contributed by atoms with Crippen LogP contribution in [0.5, 0.6) is 11.5 Å². The van der Waals surface area contributed by atoms with Crippen molar-refractivity contribution in [1.29, 1.82) is 0 Å². The second kappa shape index (κ2) is 12.3. The van der Waals surface area contributed by atoms with Gasteiger partial charge in [-0.15, -0.1) is 0 Å². The Morgan fingerprint density at radius 3 is 2.61 bits per heavy atom. The second-order valence-corrected chi connectivity index (χ2v) is 7.71. The van der Waals surface area contributed by atoms with Gasteiger partial charge in [0.25, 0.3) is 0 Å². The Morgan fingerprint density at radius 2 is 1.89 bits per heavy atom. The highest BCUT2D eigenvalue weighted by atomic mass is 79.9. The molecule has 0 fully saturated rings. The van der Waals surface area contributed by atoms with Gasteiger partial charge in [-0.1, -0.05) is 29.8 Å². The molecule has 0 aliphatic heterocycles. The smallest absolute Gasteiger partial charge is 0.175 e. The summed E-state index contributed by atoms with van der Waals surface area (Å²) in [5, 5.41) is 16.5. The van der Waals surface area contributed by atoms with Crippen LogP contribution in [0.2, 0.25) is 5.02 Å². The topological polar surface area (TPSA) is 62.8 Å². The molecule has 0 amide bonds. The van der Waals surface area contributed by atoms with Gasteiger partial charge in [-0.2, -0.15) is 0 Å². The summed E-state index contributed by atoms with van der Waals surface area (Å²) in [4.78, 5) is 0. The highest BCUT2D eigenvalue weighted by Gasteiger charge is 2.13. The average molecular weight is 472 g/mol. The van der Waals surface area contributed by atoms with Gasteiger partial charge in [0.1, 0.15) is 6.61 Å². The summed E-state index contributed by atoms with van der Waals surface area (Å²) < 4.78 is 12.6. The maximum atomic E-state index is 9.23. The summed E-state index contributed by atoms with van der Waals surface area (Å²) >= 11 is 9.82. The lowest BCUT2D eigenvalue weighted by Gasteiger charge is -2.16. The van der Waals surface area contributed by atoms with E-state index in [4.69, 9.17) is 21.1 Å². The summed E-state index contributed by atoms with van der Waals surface area (Å²) in [5.74, 6) is 1.37. The lowest BCUT2D eigenvalue weighted by atomic mass is 10.2. The number of hydrogen-bond acceptors (Lipinski definition) is 5. The van der Waals surface area contributed by atoms with Crippen LogP contribution in [0.15, 0.2) is 40.9 Å². The second-order valence-electron chi connectivity index (χ2n) is 6.45. The van der Waals surface area contributed by atoms with Crippen LogP contribution in [0.1, 0.15) is 25.0 Å². The normalized spacial score (nSPS) is 12.0. The van der Waals surface area contributed by atoms with Crippen molar-refractivity contribution in [1.82, 2.24) is 10.6 Å². The molecule has 0 saturated heterocycles. The molecule has 28 heavy (non-hydrogen) atoms. The van der Waals surface area contributed by atoms with E-state index in [9.17, 15) is 5.11 Å². The maximum Gasteiger partial charge on any atom is 0.175 e. The van der Waals surface area contributed by atoms with Gasteiger partial charge in [0.05, 0.1) is 17.2 Å². The fourth-order valence-corrected chi connectivity index (χ4v) is 3.41. The molecule has 0 aliphatic carbocycles. The van der Waals surface area contributed by atoms with E-state index >= 15 is 0 Å². The zero-order valence-electron chi connectivity index (χ0n) is 16.3. The van der Waals surface area contributed by atoms with Gasteiger partial charge in [-0.25, -0.2) is 0 Å². The van der Waals surface area contributed by atoms with E-state index in [0.717, 1.165) is 28.7 Å². The van der Waals surface area contributed by atoms with Crippen molar-refractivity contribution in [2.24, 2.45) is 0 Å². The van der Waals surface area contributed by atoms with Crippen LogP contribution in [-0.2, 0) is 13.2 Å². The lowest BCUT2D eigenvalue weighted by Crippen LogP contribution is -2.31. The zero-order chi connectivity index (χ0) is 20.4. The van der Waals surface area contributed by atoms with Gasteiger partial charge in [0, 0.05) is 36.8 Å². The molecule has 0 aromatic heterocycles. The third kappa shape index (κ3) is 7.60. The Bertz CT molecular complexity index is 744. The lowest BCUT2D eigenvalue weighted by molar-refractivity contribution is 0.191. The Kier molecular flexibility index (Phi) is 10.1. The standard InChI is InChI=1S/C21H28BrClN2O3/c1-3-27-20-11-16(13-25-9-8-24-12-15(2)26)10-18(22)21(20)28-14-17-6-4-5-7-19(17)23/h4-7,10-11,15,24-26H,3,8-9,12-14H2,1-2H3/t15-/m1/s1. The van der Waals surface area contributed by atoms with Crippen LogP contribution in [0.25, 0.3) is 0 Å². The molecule has 1 atom stereocenters. The largest absolute Gasteiger partial charge is 0.490 e. The highest BCUT2D eigenvalue weighted by Crippen LogP contribution is 2.37. The molecular weight excluding hydrogens is 444 g/mol. The number of nitrogens with one attached hydrogen (secondary N) is 2. The first kappa shape index (κ1) is 23.0. The molecule has 154 valence electrons. The molecule has 0 spiro atoms. The van der Waals surface area contributed by atoms with Crippen molar-refractivity contribution >= 4 is 27.5 Å². The molecule has 2 aromatic carbocycles. The number of halogens is 2. The monoisotopic (exact) mass is 470 g/mol. The highest BCUT2D eigenvalue weighted by molar-refractivity contribution is 9.10. The predicted octanol–water partition coefficient (Wildman–Crippen LogP) is 4.14. The van der Waals surface area contributed by atoms with E-state index in [0.29, 0.717) is 42.8 Å². The summed E-state index contributed by atoms with van der Waals surface area (Å²) in [7, 11) is 0. The minimum absolute atomic E-state index is 0.331. The van der Waals surface area contributed by atoms with E-state index in [1.54, 1.807) is 6.92 Å². The fraction of sp³-hybridized carbons (Fsp3) is 0.429. The molecule has 7 heteroatoms. The number of benzene rings is 2. The van der Waals surface area contributed by atoms with Crippen molar-refractivity contribution in [3.63, 3.8) is 0 Å². The van der Waals surface area contributed by atoms with E-state index in [1.807, 2.05) is 43.3 Å². The Labute approximate surface area is 180 Å². The van der Waals surface area contributed by atoms with Crippen molar-refractivity contribution in [2.45, 2.75) is 33.1 Å². The van der Waals surface area contributed by atoms with E-state index < -0.39 is 0 Å². The quantitative estimate of drug-likeness (QED) is 0.406. The number of ether oxygens (including phenoxy) is 2. The fourth-order valence-electron chi connectivity index (χ4n) is 2.61. The van der Waals surface area contributed by atoms with Crippen LogP contribution >= 0.6 is 27.5 Å². The molecule has 2 aromatic rings. The maximum absolute atomic E-state index is 9.23. The third-order valence-corrected chi connectivity index (χ3v) is 4.90. The van der Waals surface area contributed by atoms with Crippen LogP contribution < -0.4 is 20.1 Å². The van der Waals surface area contributed by atoms with E-state index in [1.165, 1.54) is 0 Å². The zero-order valence-corrected chi connectivity index (χ0v) is 18.6. The molecule has 3 N–H and O–H groups in total. The number of rotatable bonds is 12. The van der Waals surface area contributed by atoms with Crippen LogP contribution in [0, 0.1) is 0 Å². The minimum atomic E-state index is -0.331. The molecule has 0 saturated carbocycles. The van der Waals surface area contributed by atoms with Gasteiger partial charge in [-0.3, -0.25) is 0 Å². The average Bonchev–Trinajstić information content (AvgIpc) is 2.65. The molecule has 0 unspecified atom stereocenters. The number of hydrogen-bond donors (Lipinski definition) is 3. The first-order valence-electron chi connectivity index (χ1n) is 9.42. The molecule has 0 radical (unpaired) electrons. The van der Waals surface area contributed by atoms with Gasteiger partial charge in [-0.05, 0) is 53.5 Å². The van der Waals surface area contributed by atoms with Crippen molar-refractivity contribution in [3.8, 4) is 11.5 Å². The van der Waals surface area contributed by atoms with Crippen LogP contribution in [-0.4, -0.2) is 37.5 Å². The Morgan fingerprint density at radius 1 is 1.14 bits per heavy atom. The van der Waals surface area contributed by atoms with Crippen molar-refractivity contribution in [3.05, 3.63) is 57.0 Å². The molecule has 2 rings (SSSR count). The Balaban J connectivity index is 1.97. The van der Waals surface area contributed by atoms with Gasteiger partial charge < -0.3 is 25.2 Å². The molecular formula is C21H28BrClN2O3. The Hall–Kier alpha value is -1.31. The first-order valence-corrected chi connectivity index (χ1v) is 10.6. The van der Waals surface area contributed by atoms with Gasteiger partial charge in [0.2, 0.25) is 0 Å².